The Morgan fingerprint density at radius 2 is 2.29 bits per heavy atom. The molecule has 1 fully saturated rings. The van der Waals surface area contributed by atoms with Crippen LogP contribution in [0.25, 0.3) is 0 Å². The molecule has 1 unspecified atom stereocenters. The van der Waals surface area contributed by atoms with Crippen LogP contribution in [0.2, 0.25) is 0 Å². The van der Waals surface area contributed by atoms with Crippen molar-refractivity contribution in [2.75, 3.05) is 24.6 Å². The lowest BCUT2D eigenvalue weighted by Gasteiger charge is -2.35. The van der Waals surface area contributed by atoms with E-state index in [2.05, 4.69) is 61.9 Å². The molecule has 1 aromatic rings. The largest absolute Gasteiger partial charge is 0.375 e. The van der Waals surface area contributed by atoms with Crippen LogP contribution in [-0.4, -0.2) is 25.8 Å². The summed E-state index contributed by atoms with van der Waals surface area (Å²) in [4.78, 5) is 2.43. The number of anilines is 1. The molecule has 0 bridgehead atoms. The second-order valence-electron chi connectivity index (χ2n) is 4.25. The molecule has 0 N–H and O–H groups in total. The topological polar surface area (TPSA) is 12.5 Å². The van der Waals surface area contributed by atoms with Gasteiger partial charge < -0.3 is 9.64 Å². The summed E-state index contributed by atoms with van der Waals surface area (Å²) in [6.07, 6.45) is 1.45. The van der Waals surface area contributed by atoms with Crippen LogP contribution in [0, 0.1) is 0 Å². The van der Waals surface area contributed by atoms with Crippen LogP contribution in [0.1, 0.15) is 18.9 Å². The molecule has 4 heteroatoms. The molecule has 0 aromatic heterocycles. The van der Waals surface area contributed by atoms with Gasteiger partial charge in [0.1, 0.15) is 0 Å². The number of ether oxygens (including phenoxy) is 1. The van der Waals surface area contributed by atoms with Gasteiger partial charge in [-0.15, -0.1) is 0 Å². The number of halogens is 2. The molecule has 1 atom stereocenters. The molecule has 1 aromatic carbocycles. The van der Waals surface area contributed by atoms with Crippen LogP contribution in [0.15, 0.2) is 22.7 Å². The first kappa shape index (κ1) is 13.4. The highest BCUT2D eigenvalue weighted by atomic mass is 79.9. The van der Waals surface area contributed by atoms with Gasteiger partial charge in [-0.1, -0.05) is 38.8 Å². The van der Waals surface area contributed by atoms with Gasteiger partial charge in [-0.3, -0.25) is 0 Å². The first-order valence-corrected chi connectivity index (χ1v) is 7.87. The van der Waals surface area contributed by atoms with Crippen molar-refractivity contribution in [1.29, 1.82) is 0 Å². The number of nitrogens with zero attached hydrogens (tertiary/aromatic N) is 1. The smallest absolute Gasteiger partial charge is 0.0748 e. The van der Waals surface area contributed by atoms with Crippen LogP contribution in [0.3, 0.4) is 0 Å². The summed E-state index contributed by atoms with van der Waals surface area (Å²) in [5, 5.41) is 0.885. The molecule has 1 heterocycles. The van der Waals surface area contributed by atoms with E-state index in [-0.39, 0.29) is 0 Å². The molecule has 0 radical (unpaired) electrons. The molecule has 2 nitrogen and oxygen atoms in total. The summed E-state index contributed by atoms with van der Waals surface area (Å²) in [5.41, 5.74) is 2.66. The van der Waals surface area contributed by atoms with E-state index in [1.54, 1.807) is 0 Å². The summed E-state index contributed by atoms with van der Waals surface area (Å²) in [6, 6.07) is 6.48. The van der Waals surface area contributed by atoms with Crippen molar-refractivity contribution >= 4 is 37.5 Å². The van der Waals surface area contributed by atoms with Crippen LogP contribution < -0.4 is 4.90 Å². The lowest BCUT2D eigenvalue weighted by atomic mass is 10.1. The van der Waals surface area contributed by atoms with E-state index in [4.69, 9.17) is 4.74 Å². The van der Waals surface area contributed by atoms with Gasteiger partial charge in [0.2, 0.25) is 0 Å². The van der Waals surface area contributed by atoms with E-state index in [0.717, 1.165) is 35.9 Å². The average Bonchev–Trinajstić information content (AvgIpc) is 2.38. The van der Waals surface area contributed by atoms with E-state index < -0.39 is 0 Å². The van der Waals surface area contributed by atoms with Gasteiger partial charge in [0.05, 0.1) is 12.7 Å². The molecule has 0 amide bonds. The highest BCUT2D eigenvalue weighted by molar-refractivity contribution is 9.10. The van der Waals surface area contributed by atoms with Crippen molar-refractivity contribution in [2.45, 2.75) is 24.8 Å². The zero-order valence-corrected chi connectivity index (χ0v) is 13.1. The molecule has 1 saturated heterocycles. The lowest BCUT2D eigenvalue weighted by molar-refractivity contribution is 0.0384. The molecule has 1 aliphatic heterocycles. The maximum atomic E-state index is 5.71. The van der Waals surface area contributed by atoms with Crippen molar-refractivity contribution in [2.24, 2.45) is 0 Å². The molecule has 94 valence electrons. The minimum Gasteiger partial charge on any atom is -0.375 e. The Balaban J connectivity index is 2.20. The highest BCUT2D eigenvalue weighted by Gasteiger charge is 2.20. The third kappa shape index (κ3) is 3.24. The Labute approximate surface area is 120 Å². The SMILES string of the molecule is CCC1CN(c2ccc(Br)cc2CBr)CCO1. The van der Waals surface area contributed by atoms with Gasteiger partial charge in [0.15, 0.2) is 0 Å². The molecular weight excluding hydrogens is 346 g/mol. The standard InChI is InChI=1S/C13H17Br2NO/c1-2-12-9-16(5-6-17-12)13-4-3-11(15)7-10(13)8-14/h3-4,7,12H,2,5-6,8-9H2,1H3. The fourth-order valence-corrected chi connectivity index (χ4v) is 3.01. The van der Waals surface area contributed by atoms with E-state index in [1.807, 2.05) is 0 Å². The van der Waals surface area contributed by atoms with Crippen LogP contribution in [-0.2, 0) is 10.1 Å². The van der Waals surface area contributed by atoms with E-state index >= 15 is 0 Å². The van der Waals surface area contributed by atoms with Gasteiger partial charge in [-0.25, -0.2) is 0 Å². The third-order valence-electron chi connectivity index (χ3n) is 3.12. The number of alkyl halides is 1. The third-order valence-corrected chi connectivity index (χ3v) is 4.22. The van der Waals surface area contributed by atoms with Crippen molar-refractivity contribution < 1.29 is 4.74 Å². The molecule has 1 aliphatic rings. The van der Waals surface area contributed by atoms with Gasteiger partial charge in [-0.05, 0) is 30.2 Å². The van der Waals surface area contributed by atoms with Crippen molar-refractivity contribution in [1.82, 2.24) is 0 Å². The lowest BCUT2D eigenvalue weighted by Crippen LogP contribution is -2.42. The zero-order valence-electron chi connectivity index (χ0n) is 9.96. The highest BCUT2D eigenvalue weighted by Crippen LogP contribution is 2.28. The first-order chi connectivity index (χ1) is 8.24. The number of benzene rings is 1. The molecule has 2 rings (SSSR count). The Morgan fingerprint density at radius 1 is 1.47 bits per heavy atom. The Kier molecular flexibility index (Phi) is 4.88. The monoisotopic (exact) mass is 361 g/mol. The van der Waals surface area contributed by atoms with Gasteiger partial charge in [0, 0.05) is 28.6 Å². The normalized spacial score (nSPS) is 20.6. The minimum absolute atomic E-state index is 0.371. The number of rotatable bonds is 3. The molecular formula is C13H17Br2NO. The van der Waals surface area contributed by atoms with Crippen LogP contribution in [0.5, 0.6) is 0 Å². The predicted molar refractivity (Wildman–Crippen MR) is 79.0 cm³/mol. The molecule has 0 aliphatic carbocycles. The number of hydrogen-bond acceptors (Lipinski definition) is 2. The van der Waals surface area contributed by atoms with Crippen LogP contribution in [0.4, 0.5) is 5.69 Å². The number of hydrogen-bond donors (Lipinski definition) is 0. The average molecular weight is 363 g/mol. The maximum absolute atomic E-state index is 5.71. The van der Waals surface area contributed by atoms with Crippen molar-refractivity contribution in [3.63, 3.8) is 0 Å². The van der Waals surface area contributed by atoms with Gasteiger partial charge in [0.25, 0.3) is 0 Å². The minimum atomic E-state index is 0.371. The van der Waals surface area contributed by atoms with Crippen molar-refractivity contribution in [3.05, 3.63) is 28.2 Å². The Hall–Kier alpha value is -0.0600. The van der Waals surface area contributed by atoms with E-state index in [9.17, 15) is 0 Å². The van der Waals surface area contributed by atoms with Gasteiger partial charge in [-0.2, -0.15) is 0 Å². The zero-order chi connectivity index (χ0) is 12.3. The van der Waals surface area contributed by atoms with E-state index in [1.165, 1.54) is 11.3 Å². The summed E-state index contributed by atoms with van der Waals surface area (Å²) in [5.74, 6) is 0. The molecule has 0 saturated carbocycles. The van der Waals surface area contributed by atoms with Crippen LogP contribution >= 0.6 is 31.9 Å². The summed E-state index contributed by atoms with van der Waals surface area (Å²) < 4.78 is 6.85. The Morgan fingerprint density at radius 3 is 3.00 bits per heavy atom. The summed E-state index contributed by atoms with van der Waals surface area (Å²) in [7, 11) is 0. The quantitative estimate of drug-likeness (QED) is 0.754. The Bertz CT molecular complexity index is 384. The second kappa shape index (κ2) is 6.21. The fourth-order valence-electron chi connectivity index (χ4n) is 2.15. The van der Waals surface area contributed by atoms with E-state index in [0.29, 0.717) is 6.10 Å². The molecule has 0 spiro atoms. The van der Waals surface area contributed by atoms with Gasteiger partial charge >= 0.3 is 0 Å². The molecule has 17 heavy (non-hydrogen) atoms. The second-order valence-corrected chi connectivity index (χ2v) is 5.73. The first-order valence-electron chi connectivity index (χ1n) is 5.95. The predicted octanol–water partition coefficient (Wildman–Crippen LogP) is 3.96. The summed E-state index contributed by atoms with van der Waals surface area (Å²) in [6.45, 7) is 4.99. The maximum Gasteiger partial charge on any atom is 0.0748 e. The number of morpholine rings is 1. The summed E-state index contributed by atoms with van der Waals surface area (Å²) >= 11 is 7.09. The van der Waals surface area contributed by atoms with Crippen molar-refractivity contribution in [3.8, 4) is 0 Å². The fraction of sp³-hybridized carbons (Fsp3) is 0.538.